The van der Waals surface area contributed by atoms with E-state index in [0.717, 1.165) is 6.42 Å². The topological polar surface area (TPSA) is 29.5 Å². The SMILES string of the molecule is COC(=O)[C@@H]1C[C@@H](C)N1C(C)C. The van der Waals surface area contributed by atoms with Crippen LogP contribution in [0.5, 0.6) is 0 Å². The molecule has 3 nitrogen and oxygen atoms in total. The van der Waals surface area contributed by atoms with E-state index in [1.807, 2.05) is 0 Å². The van der Waals surface area contributed by atoms with E-state index >= 15 is 0 Å². The van der Waals surface area contributed by atoms with Crippen molar-refractivity contribution >= 4 is 5.97 Å². The molecule has 0 saturated carbocycles. The zero-order chi connectivity index (χ0) is 9.30. The van der Waals surface area contributed by atoms with E-state index in [4.69, 9.17) is 4.74 Å². The van der Waals surface area contributed by atoms with E-state index in [-0.39, 0.29) is 12.0 Å². The number of hydrogen-bond acceptors (Lipinski definition) is 3. The van der Waals surface area contributed by atoms with Crippen molar-refractivity contribution in [3.63, 3.8) is 0 Å². The molecule has 0 bridgehead atoms. The molecular formula is C9H17NO2. The third kappa shape index (κ3) is 1.46. The quantitative estimate of drug-likeness (QED) is 0.581. The van der Waals surface area contributed by atoms with Gasteiger partial charge in [-0.2, -0.15) is 0 Å². The van der Waals surface area contributed by atoms with Crippen LogP contribution < -0.4 is 0 Å². The Morgan fingerprint density at radius 3 is 2.50 bits per heavy atom. The van der Waals surface area contributed by atoms with Gasteiger partial charge in [-0.25, -0.2) is 0 Å². The van der Waals surface area contributed by atoms with Gasteiger partial charge >= 0.3 is 5.97 Å². The van der Waals surface area contributed by atoms with Crippen molar-refractivity contribution in [3.05, 3.63) is 0 Å². The first kappa shape index (κ1) is 9.52. The summed E-state index contributed by atoms with van der Waals surface area (Å²) >= 11 is 0. The summed E-state index contributed by atoms with van der Waals surface area (Å²) in [6.07, 6.45) is 0.935. The summed E-state index contributed by atoms with van der Waals surface area (Å²) in [6.45, 7) is 6.34. The van der Waals surface area contributed by atoms with Crippen LogP contribution in [0.2, 0.25) is 0 Å². The fourth-order valence-electron chi connectivity index (χ4n) is 1.96. The van der Waals surface area contributed by atoms with Crippen LogP contribution in [0.15, 0.2) is 0 Å². The number of esters is 1. The second kappa shape index (κ2) is 3.44. The fraction of sp³-hybridized carbons (Fsp3) is 0.889. The maximum atomic E-state index is 11.2. The molecule has 1 saturated heterocycles. The molecule has 2 atom stereocenters. The van der Waals surface area contributed by atoms with Gasteiger partial charge in [0.25, 0.3) is 0 Å². The number of carbonyl (C=O) groups is 1. The molecule has 0 unspecified atom stereocenters. The second-order valence-corrected chi connectivity index (χ2v) is 3.66. The number of nitrogens with zero attached hydrogens (tertiary/aromatic N) is 1. The minimum absolute atomic E-state index is 0.00463. The molecule has 1 fully saturated rings. The number of ether oxygens (including phenoxy) is 1. The Morgan fingerprint density at radius 2 is 2.17 bits per heavy atom. The van der Waals surface area contributed by atoms with Gasteiger partial charge < -0.3 is 4.74 Å². The molecule has 70 valence electrons. The monoisotopic (exact) mass is 171 g/mol. The average Bonchev–Trinajstić information content (AvgIpc) is 1.97. The first-order valence-corrected chi connectivity index (χ1v) is 4.43. The van der Waals surface area contributed by atoms with E-state index < -0.39 is 0 Å². The van der Waals surface area contributed by atoms with E-state index in [2.05, 4.69) is 25.7 Å². The number of likely N-dealkylation sites (tertiary alicyclic amines) is 1. The highest BCUT2D eigenvalue weighted by atomic mass is 16.5. The molecule has 1 heterocycles. The van der Waals surface area contributed by atoms with Gasteiger partial charge in [-0.05, 0) is 27.2 Å². The van der Waals surface area contributed by atoms with Crippen LogP contribution in [0, 0.1) is 0 Å². The van der Waals surface area contributed by atoms with Gasteiger partial charge in [-0.3, -0.25) is 9.69 Å². The number of methoxy groups -OCH3 is 1. The van der Waals surface area contributed by atoms with Gasteiger partial charge in [0.2, 0.25) is 0 Å². The van der Waals surface area contributed by atoms with Gasteiger partial charge in [0, 0.05) is 12.1 Å². The molecule has 12 heavy (non-hydrogen) atoms. The second-order valence-electron chi connectivity index (χ2n) is 3.66. The summed E-state index contributed by atoms with van der Waals surface area (Å²) in [4.78, 5) is 13.4. The Hall–Kier alpha value is -0.570. The zero-order valence-corrected chi connectivity index (χ0v) is 8.20. The van der Waals surface area contributed by atoms with Crippen molar-refractivity contribution in [1.82, 2.24) is 4.90 Å². The van der Waals surface area contributed by atoms with Gasteiger partial charge in [-0.15, -0.1) is 0 Å². The van der Waals surface area contributed by atoms with Crippen molar-refractivity contribution in [1.29, 1.82) is 0 Å². The highest BCUT2D eigenvalue weighted by Crippen LogP contribution is 2.28. The van der Waals surface area contributed by atoms with Crippen LogP contribution in [-0.4, -0.2) is 36.1 Å². The number of rotatable bonds is 2. The molecule has 3 heteroatoms. The molecule has 0 aromatic heterocycles. The summed E-state index contributed by atoms with van der Waals surface area (Å²) < 4.78 is 4.70. The Labute approximate surface area is 73.7 Å². The predicted molar refractivity (Wildman–Crippen MR) is 46.9 cm³/mol. The minimum atomic E-state index is -0.0956. The standard InChI is InChI=1S/C9H17NO2/c1-6(2)10-7(3)5-8(10)9(11)12-4/h6-8H,5H2,1-4H3/t7-,8+/m1/s1. The highest BCUT2D eigenvalue weighted by Gasteiger charge is 2.42. The van der Waals surface area contributed by atoms with E-state index in [9.17, 15) is 4.79 Å². The van der Waals surface area contributed by atoms with Gasteiger partial charge in [0.05, 0.1) is 7.11 Å². The van der Waals surface area contributed by atoms with Gasteiger partial charge in [0.15, 0.2) is 0 Å². The average molecular weight is 171 g/mol. The molecule has 0 radical (unpaired) electrons. The van der Waals surface area contributed by atoms with Crippen molar-refractivity contribution in [2.45, 2.75) is 45.3 Å². The van der Waals surface area contributed by atoms with Crippen LogP contribution in [-0.2, 0) is 9.53 Å². The lowest BCUT2D eigenvalue weighted by molar-refractivity contribution is -0.157. The molecule has 1 aliphatic heterocycles. The summed E-state index contributed by atoms with van der Waals surface area (Å²) in [5, 5.41) is 0. The third-order valence-electron chi connectivity index (χ3n) is 2.50. The van der Waals surface area contributed by atoms with Crippen LogP contribution in [0.1, 0.15) is 27.2 Å². The van der Waals surface area contributed by atoms with Crippen LogP contribution >= 0.6 is 0 Å². The van der Waals surface area contributed by atoms with E-state index in [0.29, 0.717) is 12.1 Å². The molecule has 0 aliphatic carbocycles. The summed E-state index contributed by atoms with van der Waals surface area (Å²) in [5.41, 5.74) is 0. The van der Waals surface area contributed by atoms with Crippen LogP contribution in [0.25, 0.3) is 0 Å². The lowest BCUT2D eigenvalue weighted by Gasteiger charge is -2.47. The Bertz CT molecular complexity index is 175. The normalized spacial score (nSPS) is 30.1. The molecule has 1 rings (SSSR count). The predicted octanol–water partition coefficient (Wildman–Crippen LogP) is 1.03. The molecule has 0 N–H and O–H groups in total. The number of carbonyl (C=O) groups excluding carboxylic acids is 1. The van der Waals surface area contributed by atoms with E-state index in [1.165, 1.54) is 7.11 Å². The Balaban J connectivity index is 2.54. The van der Waals surface area contributed by atoms with Gasteiger partial charge in [-0.1, -0.05) is 0 Å². The van der Waals surface area contributed by atoms with Crippen molar-refractivity contribution in [2.24, 2.45) is 0 Å². The third-order valence-corrected chi connectivity index (χ3v) is 2.50. The molecular weight excluding hydrogens is 154 g/mol. The van der Waals surface area contributed by atoms with Crippen molar-refractivity contribution < 1.29 is 9.53 Å². The van der Waals surface area contributed by atoms with Crippen LogP contribution in [0.4, 0.5) is 0 Å². The maximum absolute atomic E-state index is 11.2. The Morgan fingerprint density at radius 1 is 1.58 bits per heavy atom. The molecule has 0 aromatic carbocycles. The maximum Gasteiger partial charge on any atom is 0.323 e. The van der Waals surface area contributed by atoms with Crippen molar-refractivity contribution in [3.8, 4) is 0 Å². The lowest BCUT2D eigenvalue weighted by atomic mass is 9.92. The highest BCUT2D eigenvalue weighted by molar-refractivity contribution is 5.77. The van der Waals surface area contributed by atoms with Crippen LogP contribution in [0.3, 0.4) is 0 Å². The molecule has 0 amide bonds. The van der Waals surface area contributed by atoms with E-state index in [1.54, 1.807) is 0 Å². The first-order chi connectivity index (χ1) is 5.57. The summed E-state index contributed by atoms with van der Waals surface area (Å²) in [7, 11) is 1.45. The zero-order valence-electron chi connectivity index (χ0n) is 8.20. The first-order valence-electron chi connectivity index (χ1n) is 4.43. The largest absolute Gasteiger partial charge is 0.468 e. The molecule has 0 aromatic rings. The van der Waals surface area contributed by atoms with Gasteiger partial charge in [0.1, 0.15) is 6.04 Å². The fourth-order valence-corrected chi connectivity index (χ4v) is 1.96. The molecule has 0 spiro atoms. The van der Waals surface area contributed by atoms with Crippen molar-refractivity contribution in [2.75, 3.05) is 7.11 Å². The Kier molecular flexibility index (Phi) is 2.73. The summed E-state index contributed by atoms with van der Waals surface area (Å²) in [6, 6.07) is 0.956. The lowest BCUT2D eigenvalue weighted by Crippen LogP contribution is -2.61. The number of hydrogen-bond donors (Lipinski definition) is 0. The minimum Gasteiger partial charge on any atom is -0.468 e. The smallest absolute Gasteiger partial charge is 0.323 e. The summed E-state index contributed by atoms with van der Waals surface area (Å²) in [5.74, 6) is -0.0956. The molecule has 1 aliphatic rings.